The van der Waals surface area contributed by atoms with Crippen LogP contribution in [0, 0.1) is 0 Å². The fourth-order valence-corrected chi connectivity index (χ4v) is 7.16. The lowest BCUT2D eigenvalue weighted by atomic mass is 9.87. The summed E-state index contributed by atoms with van der Waals surface area (Å²) in [5.41, 5.74) is 15.2. The van der Waals surface area contributed by atoms with E-state index in [1.165, 1.54) is 13.0 Å². The minimum Gasteiger partial charge on any atom is -0.512 e. The molecule has 0 fully saturated rings. The van der Waals surface area contributed by atoms with E-state index < -0.39 is 0 Å². The lowest BCUT2D eigenvalue weighted by molar-refractivity contribution is -0.114. The third-order valence-electron chi connectivity index (χ3n) is 9.76. The number of hydrogen-bond donors (Lipinski definition) is 1. The molecule has 6 aromatic carbocycles. The standard InChI is InChI=1S/C51H38N2O2/c1-35(54)28-44(55)32-38-18-8-9-19-45(38)41-29-42(48-22-12-10-20-46(48)39-24-26-50(52-33-39)36-14-4-2-5-15-36)31-43(30-41)49-23-13-11-21-47(49)40-25-27-51(53-34-40)37-16-6-3-7-17-37/h2-31,33-34,54H,32H2,1H3/b35-28-. The quantitative estimate of drug-likeness (QED) is 0.113. The number of hydrogen-bond acceptors (Lipinski definition) is 4. The monoisotopic (exact) mass is 710 g/mol. The van der Waals surface area contributed by atoms with Crippen LogP contribution in [-0.4, -0.2) is 20.9 Å². The Kier molecular flexibility index (Phi) is 10.0. The molecule has 4 nitrogen and oxygen atoms in total. The van der Waals surface area contributed by atoms with Crippen LogP contribution in [0.4, 0.5) is 0 Å². The molecule has 2 heterocycles. The minimum absolute atomic E-state index is 0.00226. The number of nitrogens with zero attached hydrogens (tertiary/aromatic N) is 2. The number of carbonyl (C=O) groups excluding carboxylic acids is 1. The highest BCUT2D eigenvalue weighted by atomic mass is 16.3. The van der Waals surface area contributed by atoms with Gasteiger partial charge in [-0.05, 0) is 87.3 Å². The SMILES string of the molecule is C/C(O)=C/C(=O)Cc1ccccc1-c1cc(-c2ccccc2-c2ccc(-c3ccccc3)nc2)cc(-c2ccccc2-c2ccc(-c3ccccc3)nc2)c1. The van der Waals surface area contributed by atoms with Gasteiger partial charge in [-0.15, -0.1) is 0 Å². The number of aliphatic hydroxyl groups excluding tert-OH is 1. The molecule has 264 valence electrons. The molecule has 0 amide bonds. The van der Waals surface area contributed by atoms with Crippen LogP contribution in [0.3, 0.4) is 0 Å². The molecule has 2 aromatic heterocycles. The molecule has 0 aliphatic heterocycles. The van der Waals surface area contributed by atoms with Crippen LogP contribution in [0.5, 0.6) is 0 Å². The van der Waals surface area contributed by atoms with Crippen LogP contribution >= 0.6 is 0 Å². The van der Waals surface area contributed by atoms with Crippen LogP contribution < -0.4 is 0 Å². The Morgan fingerprint density at radius 1 is 0.455 bits per heavy atom. The second-order valence-electron chi connectivity index (χ2n) is 13.6. The Morgan fingerprint density at radius 3 is 1.25 bits per heavy atom. The van der Waals surface area contributed by atoms with Crippen LogP contribution in [0.15, 0.2) is 200 Å². The van der Waals surface area contributed by atoms with Crippen LogP contribution in [0.2, 0.25) is 0 Å². The van der Waals surface area contributed by atoms with Crippen molar-refractivity contribution in [3.05, 3.63) is 206 Å². The van der Waals surface area contributed by atoms with Crippen molar-refractivity contribution in [2.45, 2.75) is 13.3 Å². The lowest BCUT2D eigenvalue weighted by Crippen LogP contribution is -2.02. The molecule has 0 spiro atoms. The van der Waals surface area contributed by atoms with E-state index in [0.717, 1.165) is 83.7 Å². The molecular formula is C51H38N2O2. The zero-order valence-corrected chi connectivity index (χ0v) is 30.4. The fourth-order valence-electron chi connectivity index (χ4n) is 7.16. The second-order valence-corrected chi connectivity index (χ2v) is 13.6. The highest BCUT2D eigenvalue weighted by molar-refractivity contribution is 5.95. The van der Waals surface area contributed by atoms with Crippen molar-refractivity contribution in [2.75, 3.05) is 0 Å². The van der Waals surface area contributed by atoms with Gasteiger partial charge in [0.05, 0.1) is 17.1 Å². The average Bonchev–Trinajstić information content (AvgIpc) is 3.24. The lowest BCUT2D eigenvalue weighted by Gasteiger charge is -2.17. The zero-order chi connectivity index (χ0) is 37.6. The Morgan fingerprint density at radius 2 is 0.836 bits per heavy atom. The van der Waals surface area contributed by atoms with Crippen molar-refractivity contribution in [2.24, 2.45) is 0 Å². The topological polar surface area (TPSA) is 63.1 Å². The average molecular weight is 711 g/mol. The first-order valence-electron chi connectivity index (χ1n) is 18.4. The number of ketones is 1. The molecule has 0 aliphatic carbocycles. The van der Waals surface area contributed by atoms with Crippen molar-refractivity contribution in [3.8, 4) is 78.1 Å². The number of rotatable bonds is 10. The van der Waals surface area contributed by atoms with E-state index in [1.807, 2.05) is 67.0 Å². The number of allylic oxidation sites excluding steroid dienone is 2. The number of pyridine rings is 2. The molecule has 8 aromatic rings. The molecular weight excluding hydrogens is 673 g/mol. The zero-order valence-electron chi connectivity index (χ0n) is 30.4. The summed E-state index contributed by atoms with van der Waals surface area (Å²) in [4.78, 5) is 22.7. The molecule has 0 atom stereocenters. The van der Waals surface area contributed by atoms with Gasteiger partial charge in [0.15, 0.2) is 5.78 Å². The molecule has 4 heteroatoms. The summed E-state index contributed by atoms with van der Waals surface area (Å²) in [6, 6.07) is 60.4. The largest absolute Gasteiger partial charge is 0.512 e. The van der Waals surface area contributed by atoms with Gasteiger partial charge in [-0.2, -0.15) is 0 Å². The smallest absolute Gasteiger partial charge is 0.163 e. The molecule has 0 unspecified atom stereocenters. The van der Waals surface area contributed by atoms with Gasteiger partial charge in [0, 0.05) is 47.1 Å². The first-order valence-corrected chi connectivity index (χ1v) is 18.4. The van der Waals surface area contributed by atoms with Gasteiger partial charge in [0.25, 0.3) is 0 Å². The van der Waals surface area contributed by atoms with Gasteiger partial charge < -0.3 is 5.11 Å². The summed E-state index contributed by atoms with van der Waals surface area (Å²) in [6.07, 6.45) is 5.36. The number of aliphatic hydroxyl groups is 1. The normalized spacial score (nSPS) is 11.3. The predicted octanol–water partition coefficient (Wildman–Crippen LogP) is 12.7. The Bertz CT molecular complexity index is 2480. The van der Waals surface area contributed by atoms with Gasteiger partial charge in [-0.1, -0.05) is 146 Å². The number of benzene rings is 6. The van der Waals surface area contributed by atoms with E-state index >= 15 is 0 Å². The Balaban J connectivity index is 1.27. The first-order chi connectivity index (χ1) is 27.0. The summed E-state index contributed by atoms with van der Waals surface area (Å²) in [6.45, 7) is 1.52. The first kappa shape index (κ1) is 34.9. The number of aromatic nitrogens is 2. The van der Waals surface area contributed by atoms with Crippen molar-refractivity contribution in [3.63, 3.8) is 0 Å². The molecule has 8 rings (SSSR count). The van der Waals surface area contributed by atoms with Crippen LogP contribution in [0.25, 0.3) is 78.1 Å². The highest BCUT2D eigenvalue weighted by Crippen LogP contribution is 2.41. The van der Waals surface area contributed by atoms with E-state index in [9.17, 15) is 9.90 Å². The maximum absolute atomic E-state index is 13.0. The Labute approximate surface area is 321 Å². The van der Waals surface area contributed by atoms with E-state index in [2.05, 4.69) is 121 Å². The van der Waals surface area contributed by atoms with Crippen molar-refractivity contribution in [1.29, 1.82) is 0 Å². The fraction of sp³-hybridized carbons (Fsp3) is 0.0392. The molecule has 0 aliphatic rings. The van der Waals surface area contributed by atoms with Gasteiger partial charge in [-0.3, -0.25) is 14.8 Å². The van der Waals surface area contributed by atoms with E-state index in [-0.39, 0.29) is 18.0 Å². The van der Waals surface area contributed by atoms with E-state index in [0.29, 0.717) is 0 Å². The van der Waals surface area contributed by atoms with Crippen LogP contribution in [-0.2, 0) is 11.2 Å². The summed E-state index contributed by atoms with van der Waals surface area (Å²) >= 11 is 0. The van der Waals surface area contributed by atoms with Crippen molar-refractivity contribution in [1.82, 2.24) is 9.97 Å². The molecule has 1 N–H and O–H groups in total. The van der Waals surface area contributed by atoms with Gasteiger partial charge >= 0.3 is 0 Å². The summed E-state index contributed by atoms with van der Waals surface area (Å²) in [7, 11) is 0. The van der Waals surface area contributed by atoms with Crippen LogP contribution in [0.1, 0.15) is 12.5 Å². The molecule has 0 saturated heterocycles. The van der Waals surface area contributed by atoms with E-state index in [1.54, 1.807) is 0 Å². The molecule has 0 radical (unpaired) electrons. The summed E-state index contributed by atoms with van der Waals surface area (Å²) in [5.74, 6) is -0.157. The summed E-state index contributed by atoms with van der Waals surface area (Å²) in [5, 5.41) is 9.83. The second kappa shape index (κ2) is 15.8. The van der Waals surface area contributed by atoms with Gasteiger partial charge in [0.1, 0.15) is 0 Å². The predicted molar refractivity (Wildman–Crippen MR) is 225 cm³/mol. The molecule has 0 bridgehead atoms. The summed E-state index contributed by atoms with van der Waals surface area (Å²) < 4.78 is 0. The Hall–Kier alpha value is -7.17. The van der Waals surface area contributed by atoms with E-state index in [4.69, 9.17) is 9.97 Å². The van der Waals surface area contributed by atoms with Crippen molar-refractivity contribution >= 4 is 5.78 Å². The molecule has 55 heavy (non-hydrogen) atoms. The maximum Gasteiger partial charge on any atom is 0.163 e. The van der Waals surface area contributed by atoms with Gasteiger partial charge in [0.2, 0.25) is 0 Å². The van der Waals surface area contributed by atoms with Gasteiger partial charge in [-0.25, -0.2) is 0 Å². The minimum atomic E-state index is -0.155. The third kappa shape index (κ3) is 7.80. The number of carbonyl (C=O) groups is 1. The highest BCUT2D eigenvalue weighted by Gasteiger charge is 2.17. The maximum atomic E-state index is 13.0. The third-order valence-corrected chi connectivity index (χ3v) is 9.76. The van der Waals surface area contributed by atoms with Crippen molar-refractivity contribution < 1.29 is 9.90 Å². The molecule has 0 saturated carbocycles.